The number of nitrogens with zero attached hydrogens (tertiary/aromatic N) is 2. The average Bonchev–Trinajstić information content (AvgIpc) is 2.90. The van der Waals surface area contributed by atoms with Gasteiger partial charge in [-0.25, -0.2) is 4.79 Å². The van der Waals surface area contributed by atoms with Crippen molar-refractivity contribution in [3.05, 3.63) is 95.1 Å². The standard InChI is InChI=1S/C29H35N5O3/c30-29(28(36)37,15-4-8-23-6-3-7-24-9-5-17-33-27(23)24)34-26(35)18-21-11-13-22(14-12-21)19-31-20-25-10-1-2-16-32-25/h1-2,5,9-14,16-17,23,31H,3-4,6-8,15,18-20,30H2,(H,34,35)(H,36,37)/t23?,29-/m0/s1. The number of rotatable bonds is 12. The van der Waals surface area contributed by atoms with Crippen LogP contribution in [0.2, 0.25) is 0 Å². The molecule has 8 nitrogen and oxygen atoms in total. The quantitative estimate of drug-likeness (QED) is 0.280. The Kier molecular flexibility index (Phi) is 8.98. The summed E-state index contributed by atoms with van der Waals surface area (Å²) in [4.78, 5) is 33.5. The zero-order chi connectivity index (χ0) is 26.1. The predicted molar refractivity (Wildman–Crippen MR) is 141 cm³/mol. The van der Waals surface area contributed by atoms with Crippen molar-refractivity contribution in [1.82, 2.24) is 20.6 Å². The van der Waals surface area contributed by atoms with Gasteiger partial charge in [0.2, 0.25) is 5.91 Å². The largest absolute Gasteiger partial charge is 0.478 e. The van der Waals surface area contributed by atoms with E-state index in [4.69, 9.17) is 5.73 Å². The second-order valence-corrected chi connectivity index (χ2v) is 9.77. The van der Waals surface area contributed by atoms with Crippen molar-refractivity contribution in [1.29, 1.82) is 0 Å². The molecule has 0 aliphatic heterocycles. The number of nitrogens with two attached hydrogens (primary N) is 1. The number of hydrogen-bond acceptors (Lipinski definition) is 6. The molecule has 37 heavy (non-hydrogen) atoms. The van der Waals surface area contributed by atoms with Crippen molar-refractivity contribution >= 4 is 11.9 Å². The summed E-state index contributed by atoms with van der Waals surface area (Å²) in [5.74, 6) is -1.33. The molecule has 4 rings (SSSR count). The normalized spacial score (nSPS) is 16.4. The van der Waals surface area contributed by atoms with Crippen molar-refractivity contribution in [2.75, 3.05) is 0 Å². The minimum Gasteiger partial charge on any atom is -0.478 e. The van der Waals surface area contributed by atoms with Crippen LogP contribution in [0.25, 0.3) is 0 Å². The number of carboxylic acids is 1. The summed E-state index contributed by atoms with van der Waals surface area (Å²) in [5, 5.41) is 15.7. The van der Waals surface area contributed by atoms with E-state index < -0.39 is 17.5 Å². The Bertz CT molecular complexity index is 1190. The van der Waals surface area contributed by atoms with Crippen molar-refractivity contribution < 1.29 is 14.7 Å². The van der Waals surface area contributed by atoms with Gasteiger partial charge >= 0.3 is 5.97 Å². The Morgan fingerprint density at radius 1 is 1.00 bits per heavy atom. The van der Waals surface area contributed by atoms with Crippen LogP contribution in [0.15, 0.2) is 67.0 Å². The van der Waals surface area contributed by atoms with Gasteiger partial charge in [-0.1, -0.05) is 36.4 Å². The Morgan fingerprint density at radius 3 is 2.54 bits per heavy atom. The van der Waals surface area contributed by atoms with E-state index in [0.29, 0.717) is 25.4 Å². The van der Waals surface area contributed by atoms with Gasteiger partial charge < -0.3 is 15.7 Å². The highest BCUT2D eigenvalue weighted by Gasteiger charge is 2.35. The molecular formula is C29H35N5O3. The van der Waals surface area contributed by atoms with E-state index in [-0.39, 0.29) is 12.8 Å². The van der Waals surface area contributed by atoms with Gasteiger partial charge in [-0.3, -0.25) is 20.5 Å². The van der Waals surface area contributed by atoms with Crippen LogP contribution in [0.5, 0.6) is 0 Å². The van der Waals surface area contributed by atoms with Gasteiger partial charge in [-0.05, 0) is 73.4 Å². The second-order valence-electron chi connectivity index (χ2n) is 9.77. The van der Waals surface area contributed by atoms with Crippen LogP contribution >= 0.6 is 0 Å². The average molecular weight is 502 g/mol. The van der Waals surface area contributed by atoms with Crippen molar-refractivity contribution in [3.63, 3.8) is 0 Å². The third-order valence-electron chi connectivity index (χ3n) is 6.93. The number of carbonyl (C=O) groups excluding carboxylic acids is 1. The topological polar surface area (TPSA) is 130 Å². The van der Waals surface area contributed by atoms with Crippen LogP contribution in [-0.4, -0.2) is 32.6 Å². The number of aliphatic carboxylic acids is 1. The van der Waals surface area contributed by atoms with Crippen LogP contribution in [0, 0.1) is 0 Å². The molecule has 0 fully saturated rings. The first-order valence-corrected chi connectivity index (χ1v) is 12.9. The minimum absolute atomic E-state index is 0.0633. The number of amides is 1. The molecule has 3 aromatic rings. The first kappa shape index (κ1) is 26.4. The van der Waals surface area contributed by atoms with Gasteiger partial charge in [0.1, 0.15) is 0 Å². The van der Waals surface area contributed by atoms with Crippen molar-refractivity contribution in [3.8, 4) is 0 Å². The van der Waals surface area contributed by atoms with Gasteiger partial charge in [0.25, 0.3) is 0 Å². The summed E-state index contributed by atoms with van der Waals surface area (Å²) in [5.41, 5.74) is 9.62. The molecule has 0 bridgehead atoms. The highest BCUT2D eigenvalue weighted by atomic mass is 16.4. The molecule has 2 heterocycles. The Hall–Kier alpha value is -3.62. The molecule has 0 radical (unpaired) electrons. The number of carboxylic acid groups (broad SMARTS) is 1. The molecule has 5 N–H and O–H groups in total. The fourth-order valence-corrected chi connectivity index (χ4v) is 4.93. The van der Waals surface area contributed by atoms with Crippen LogP contribution < -0.4 is 16.4 Å². The Morgan fingerprint density at radius 2 is 1.78 bits per heavy atom. The molecule has 1 amide bonds. The fourth-order valence-electron chi connectivity index (χ4n) is 4.93. The molecule has 1 aromatic carbocycles. The SMILES string of the molecule is N[C@@](CCCC1CCCc2cccnc21)(NC(=O)Cc1ccc(CNCc2ccccn2)cc1)C(=O)O. The van der Waals surface area contributed by atoms with Crippen LogP contribution in [-0.2, 0) is 35.5 Å². The molecule has 1 unspecified atom stereocenters. The molecule has 0 saturated heterocycles. The first-order chi connectivity index (χ1) is 17.9. The van der Waals surface area contributed by atoms with E-state index in [1.54, 1.807) is 6.20 Å². The van der Waals surface area contributed by atoms with Crippen LogP contribution in [0.3, 0.4) is 0 Å². The lowest BCUT2D eigenvalue weighted by atomic mass is 9.83. The Labute approximate surface area is 217 Å². The zero-order valence-corrected chi connectivity index (χ0v) is 21.0. The van der Waals surface area contributed by atoms with E-state index in [0.717, 1.165) is 48.2 Å². The molecule has 0 spiro atoms. The fraction of sp³-hybridized carbons (Fsp3) is 0.379. The van der Waals surface area contributed by atoms with E-state index in [9.17, 15) is 14.7 Å². The number of aryl methyl sites for hydroxylation is 1. The van der Waals surface area contributed by atoms with E-state index >= 15 is 0 Å². The lowest BCUT2D eigenvalue weighted by Crippen LogP contribution is -2.61. The zero-order valence-electron chi connectivity index (χ0n) is 21.0. The monoisotopic (exact) mass is 501 g/mol. The summed E-state index contributed by atoms with van der Waals surface area (Å²) in [7, 11) is 0. The van der Waals surface area contributed by atoms with E-state index in [1.165, 1.54) is 5.56 Å². The highest BCUT2D eigenvalue weighted by molar-refractivity contribution is 5.87. The van der Waals surface area contributed by atoms with Gasteiger partial charge in [-0.15, -0.1) is 0 Å². The molecule has 2 aromatic heterocycles. The van der Waals surface area contributed by atoms with Crippen LogP contribution in [0.4, 0.5) is 0 Å². The maximum atomic E-state index is 12.7. The van der Waals surface area contributed by atoms with E-state index in [1.807, 2.05) is 54.7 Å². The molecule has 194 valence electrons. The third kappa shape index (κ3) is 7.44. The summed E-state index contributed by atoms with van der Waals surface area (Å²) < 4.78 is 0. The maximum absolute atomic E-state index is 12.7. The first-order valence-electron chi connectivity index (χ1n) is 12.9. The lowest BCUT2D eigenvalue weighted by Gasteiger charge is -2.28. The van der Waals surface area contributed by atoms with E-state index in [2.05, 4.69) is 26.7 Å². The number of fused-ring (bicyclic) bond motifs is 1. The van der Waals surface area contributed by atoms with Crippen molar-refractivity contribution in [2.24, 2.45) is 5.73 Å². The number of benzene rings is 1. The minimum atomic E-state index is -1.80. The second kappa shape index (κ2) is 12.6. The highest BCUT2D eigenvalue weighted by Crippen LogP contribution is 2.33. The lowest BCUT2D eigenvalue weighted by molar-refractivity contribution is -0.147. The number of carbonyl (C=O) groups is 2. The molecule has 8 heteroatoms. The number of aromatic nitrogens is 2. The summed E-state index contributed by atoms with van der Waals surface area (Å²) in [6.45, 7) is 1.34. The maximum Gasteiger partial charge on any atom is 0.344 e. The van der Waals surface area contributed by atoms with Gasteiger partial charge in [0.15, 0.2) is 5.66 Å². The van der Waals surface area contributed by atoms with Gasteiger partial charge in [0, 0.05) is 37.1 Å². The predicted octanol–water partition coefficient (Wildman–Crippen LogP) is 3.46. The van der Waals surface area contributed by atoms with Gasteiger partial charge in [-0.2, -0.15) is 0 Å². The summed E-state index contributed by atoms with van der Waals surface area (Å²) >= 11 is 0. The summed E-state index contributed by atoms with van der Waals surface area (Å²) in [6, 6.07) is 17.6. The van der Waals surface area contributed by atoms with Crippen LogP contribution in [0.1, 0.15) is 66.1 Å². The number of nitrogens with one attached hydrogen (secondary N) is 2. The smallest absolute Gasteiger partial charge is 0.344 e. The third-order valence-corrected chi connectivity index (χ3v) is 6.93. The molecule has 2 atom stereocenters. The number of hydrogen-bond donors (Lipinski definition) is 4. The summed E-state index contributed by atoms with van der Waals surface area (Å²) in [6.07, 6.45) is 8.36. The molecule has 0 saturated carbocycles. The number of pyridine rings is 2. The molecular weight excluding hydrogens is 466 g/mol. The van der Waals surface area contributed by atoms with Crippen molar-refractivity contribution in [2.45, 2.75) is 69.6 Å². The molecule has 1 aliphatic rings. The van der Waals surface area contributed by atoms with Gasteiger partial charge in [0.05, 0.1) is 12.1 Å². The molecule has 1 aliphatic carbocycles. The Balaban J connectivity index is 1.25.